The smallest absolute Gasteiger partial charge is 0.308 e. The van der Waals surface area contributed by atoms with Gasteiger partial charge in [-0.15, -0.1) is 0 Å². The molecule has 2 unspecified atom stereocenters. The van der Waals surface area contributed by atoms with Gasteiger partial charge in [-0.1, -0.05) is 45.7 Å². The van der Waals surface area contributed by atoms with E-state index in [1.54, 1.807) is 12.1 Å². The Kier molecular flexibility index (Phi) is 5.28. The maximum absolute atomic E-state index is 11.5. The van der Waals surface area contributed by atoms with Crippen LogP contribution in [0.15, 0.2) is 46.9 Å². The summed E-state index contributed by atoms with van der Waals surface area (Å²) >= 11 is 9.90. The fraction of sp³-hybridized carbons (Fsp3) is 0.316. The summed E-state index contributed by atoms with van der Waals surface area (Å²) in [6.45, 7) is 2.40. The quantitative estimate of drug-likeness (QED) is 0.517. The van der Waals surface area contributed by atoms with Crippen LogP contribution < -0.4 is 4.74 Å². The molecule has 5 heteroatoms. The molecule has 1 heterocycles. The molecule has 0 aromatic heterocycles. The molecule has 0 amide bonds. The number of rotatable bonds is 3. The summed E-state index contributed by atoms with van der Waals surface area (Å²) in [5, 5.41) is 0.654. The highest BCUT2D eigenvalue weighted by molar-refractivity contribution is 9.10. The molecular formula is C19H19BrClNO2. The largest absolute Gasteiger partial charge is 0.426 e. The van der Waals surface area contributed by atoms with Gasteiger partial charge in [0, 0.05) is 33.9 Å². The van der Waals surface area contributed by atoms with Crippen molar-refractivity contribution in [3.05, 3.63) is 63.1 Å². The number of carbonyl (C=O) groups is 1. The second-order valence-electron chi connectivity index (χ2n) is 6.12. The zero-order chi connectivity index (χ0) is 17.3. The summed E-state index contributed by atoms with van der Waals surface area (Å²) in [6, 6.07) is 13.9. The monoisotopic (exact) mass is 407 g/mol. The van der Waals surface area contributed by atoms with Crippen LogP contribution in [0.3, 0.4) is 0 Å². The van der Waals surface area contributed by atoms with Gasteiger partial charge in [0.15, 0.2) is 0 Å². The average molecular weight is 409 g/mol. The van der Waals surface area contributed by atoms with E-state index in [4.69, 9.17) is 16.3 Å². The SMILES string of the molecule is CC(=O)Oc1ccc(Cl)cc1C1CCN(C)C1c1ccccc1Br. The number of hydrogen-bond donors (Lipinski definition) is 0. The molecular weight excluding hydrogens is 390 g/mol. The number of esters is 1. The number of benzene rings is 2. The van der Waals surface area contributed by atoms with Crippen LogP contribution in [-0.4, -0.2) is 24.5 Å². The molecule has 1 fully saturated rings. The molecule has 126 valence electrons. The molecule has 3 rings (SSSR count). The van der Waals surface area contributed by atoms with Gasteiger partial charge >= 0.3 is 5.97 Å². The summed E-state index contributed by atoms with van der Waals surface area (Å²) in [7, 11) is 2.13. The molecule has 1 aliphatic rings. The van der Waals surface area contributed by atoms with E-state index in [0.717, 1.165) is 23.0 Å². The first kappa shape index (κ1) is 17.5. The van der Waals surface area contributed by atoms with E-state index < -0.39 is 0 Å². The zero-order valence-corrected chi connectivity index (χ0v) is 16.0. The number of likely N-dealkylation sites (tertiary alicyclic amines) is 1. The molecule has 24 heavy (non-hydrogen) atoms. The molecule has 0 radical (unpaired) electrons. The van der Waals surface area contributed by atoms with E-state index in [0.29, 0.717) is 10.8 Å². The van der Waals surface area contributed by atoms with E-state index in [2.05, 4.69) is 40.0 Å². The van der Waals surface area contributed by atoms with Crippen molar-refractivity contribution in [2.24, 2.45) is 0 Å². The Balaban J connectivity index is 2.06. The van der Waals surface area contributed by atoms with E-state index in [9.17, 15) is 4.79 Å². The molecule has 2 aromatic carbocycles. The van der Waals surface area contributed by atoms with Crippen molar-refractivity contribution < 1.29 is 9.53 Å². The molecule has 0 bridgehead atoms. The van der Waals surface area contributed by atoms with Crippen LogP contribution in [0.1, 0.15) is 36.4 Å². The van der Waals surface area contributed by atoms with Crippen LogP contribution in [0.25, 0.3) is 0 Å². The lowest BCUT2D eigenvalue weighted by Crippen LogP contribution is -2.21. The van der Waals surface area contributed by atoms with Crippen LogP contribution in [0.4, 0.5) is 0 Å². The fourth-order valence-electron chi connectivity index (χ4n) is 3.50. The van der Waals surface area contributed by atoms with Gasteiger partial charge in [-0.3, -0.25) is 9.69 Å². The Morgan fingerprint density at radius 1 is 1.25 bits per heavy atom. The third kappa shape index (κ3) is 3.51. The lowest BCUT2D eigenvalue weighted by atomic mass is 9.87. The predicted molar refractivity (Wildman–Crippen MR) is 99.6 cm³/mol. The van der Waals surface area contributed by atoms with Gasteiger partial charge < -0.3 is 4.74 Å². The first-order valence-corrected chi connectivity index (χ1v) is 9.07. The number of carbonyl (C=O) groups excluding carboxylic acids is 1. The van der Waals surface area contributed by atoms with Crippen LogP contribution in [0.2, 0.25) is 5.02 Å². The topological polar surface area (TPSA) is 29.5 Å². The minimum atomic E-state index is -0.317. The van der Waals surface area contributed by atoms with Gasteiger partial charge in [0.05, 0.1) is 0 Å². The molecule has 3 nitrogen and oxygen atoms in total. The number of ether oxygens (including phenoxy) is 1. The van der Waals surface area contributed by atoms with Crippen molar-refractivity contribution in [1.29, 1.82) is 0 Å². The van der Waals surface area contributed by atoms with E-state index in [-0.39, 0.29) is 17.9 Å². The van der Waals surface area contributed by atoms with Crippen LogP contribution in [-0.2, 0) is 4.79 Å². The Bertz CT molecular complexity index is 765. The highest BCUT2D eigenvalue weighted by Crippen LogP contribution is 2.47. The zero-order valence-electron chi connectivity index (χ0n) is 13.6. The van der Waals surface area contributed by atoms with Gasteiger partial charge in [0.1, 0.15) is 5.75 Å². The first-order valence-electron chi connectivity index (χ1n) is 7.90. The minimum Gasteiger partial charge on any atom is -0.426 e. The number of nitrogens with zero attached hydrogens (tertiary/aromatic N) is 1. The normalized spacial score (nSPS) is 21.0. The lowest BCUT2D eigenvalue weighted by Gasteiger charge is -2.27. The van der Waals surface area contributed by atoms with Gasteiger partial charge in [-0.2, -0.15) is 0 Å². The predicted octanol–water partition coefficient (Wildman–Crippen LogP) is 5.19. The Labute approximate surface area is 155 Å². The molecule has 0 spiro atoms. The second-order valence-corrected chi connectivity index (χ2v) is 7.41. The highest BCUT2D eigenvalue weighted by atomic mass is 79.9. The van der Waals surface area contributed by atoms with E-state index >= 15 is 0 Å². The third-order valence-electron chi connectivity index (χ3n) is 4.50. The Morgan fingerprint density at radius 2 is 2.00 bits per heavy atom. The molecule has 0 N–H and O–H groups in total. The van der Waals surface area contributed by atoms with E-state index in [1.807, 2.05) is 18.2 Å². The highest BCUT2D eigenvalue weighted by Gasteiger charge is 2.36. The molecule has 2 atom stereocenters. The average Bonchev–Trinajstić information content (AvgIpc) is 2.91. The molecule has 2 aromatic rings. The van der Waals surface area contributed by atoms with Crippen molar-refractivity contribution >= 4 is 33.5 Å². The van der Waals surface area contributed by atoms with Crippen molar-refractivity contribution in [1.82, 2.24) is 4.90 Å². The Hall–Kier alpha value is -1.36. The standard InChI is InChI=1S/C19H19BrClNO2/c1-12(23)24-18-8-7-13(21)11-16(18)14-9-10-22(2)19(14)15-5-3-4-6-17(15)20/h3-8,11,14,19H,9-10H2,1-2H3. The van der Waals surface area contributed by atoms with Crippen LogP contribution in [0, 0.1) is 0 Å². The van der Waals surface area contributed by atoms with Gasteiger partial charge in [-0.25, -0.2) is 0 Å². The lowest BCUT2D eigenvalue weighted by molar-refractivity contribution is -0.131. The summed E-state index contributed by atoms with van der Waals surface area (Å²) in [4.78, 5) is 13.8. The van der Waals surface area contributed by atoms with Crippen LogP contribution >= 0.6 is 27.5 Å². The van der Waals surface area contributed by atoms with Crippen molar-refractivity contribution in [2.75, 3.05) is 13.6 Å². The minimum absolute atomic E-state index is 0.202. The fourth-order valence-corrected chi connectivity index (χ4v) is 4.20. The summed E-state index contributed by atoms with van der Waals surface area (Å²) < 4.78 is 6.52. The summed E-state index contributed by atoms with van der Waals surface area (Å²) in [5.41, 5.74) is 2.22. The van der Waals surface area contributed by atoms with Gasteiger partial charge in [0.25, 0.3) is 0 Å². The van der Waals surface area contributed by atoms with Crippen molar-refractivity contribution in [3.8, 4) is 5.75 Å². The summed E-state index contributed by atoms with van der Waals surface area (Å²) in [5.74, 6) is 0.494. The van der Waals surface area contributed by atoms with E-state index in [1.165, 1.54) is 12.5 Å². The van der Waals surface area contributed by atoms with Crippen molar-refractivity contribution in [3.63, 3.8) is 0 Å². The molecule has 0 aliphatic carbocycles. The summed E-state index contributed by atoms with van der Waals surface area (Å²) in [6.07, 6.45) is 0.983. The first-order chi connectivity index (χ1) is 11.5. The number of likely N-dealkylation sites (N-methyl/N-ethyl adjacent to an activating group) is 1. The number of halogens is 2. The maximum atomic E-state index is 11.5. The Morgan fingerprint density at radius 3 is 2.71 bits per heavy atom. The second kappa shape index (κ2) is 7.26. The van der Waals surface area contributed by atoms with Gasteiger partial charge in [0.2, 0.25) is 0 Å². The van der Waals surface area contributed by atoms with Crippen LogP contribution in [0.5, 0.6) is 5.75 Å². The number of hydrogen-bond acceptors (Lipinski definition) is 3. The molecule has 1 aliphatic heterocycles. The molecule has 0 saturated carbocycles. The third-order valence-corrected chi connectivity index (χ3v) is 5.45. The van der Waals surface area contributed by atoms with Gasteiger partial charge in [-0.05, 0) is 49.8 Å². The molecule has 1 saturated heterocycles. The maximum Gasteiger partial charge on any atom is 0.308 e. The van der Waals surface area contributed by atoms with Crippen molar-refractivity contribution in [2.45, 2.75) is 25.3 Å².